The summed E-state index contributed by atoms with van der Waals surface area (Å²) >= 11 is 0. The number of amides is 1. The molecule has 0 fully saturated rings. The van der Waals surface area contributed by atoms with Crippen molar-refractivity contribution in [3.05, 3.63) is 63.7 Å². The Morgan fingerprint density at radius 3 is 2.83 bits per heavy atom. The Hall–Kier alpha value is -3.42. The van der Waals surface area contributed by atoms with Crippen molar-refractivity contribution in [2.24, 2.45) is 5.10 Å². The molecule has 2 N–H and O–H groups in total. The number of ether oxygens (including phenoxy) is 1. The van der Waals surface area contributed by atoms with Gasteiger partial charge in [0.05, 0.1) is 11.1 Å². The normalized spacial score (nSPS) is 10.5. The van der Waals surface area contributed by atoms with Crippen LogP contribution in [0.4, 0.5) is 5.69 Å². The van der Waals surface area contributed by atoms with Gasteiger partial charge in [-0.05, 0) is 30.7 Å². The Bertz CT molecular complexity index is 789. The van der Waals surface area contributed by atoms with E-state index in [2.05, 4.69) is 10.5 Å². The van der Waals surface area contributed by atoms with E-state index in [9.17, 15) is 20.0 Å². The van der Waals surface area contributed by atoms with Gasteiger partial charge < -0.3 is 9.84 Å². The minimum Gasteiger partial charge on any atom is -0.507 e. The van der Waals surface area contributed by atoms with Crippen molar-refractivity contribution in [2.75, 3.05) is 6.61 Å². The lowest BCUT2D eigenvalue weighted by molar-refractivity contribution is -0.385. The lowest BCUT2D eigenvalue weighted by atomic mass is 10.1. The summed E-state index contributed by atoms with van der Waals surface area (Å²) in [6.45, 7) is 1.41. The first-order valence-electron chi connectivity index (χ1n) is 6.95. The molecule has 0 aliphatic rings. The maximum Gasteiger partial charge on any atom is 0.310 e. The van der Waals surface area contributed by atoms with Gasteiger partial charge >= 0.3 is 5.69 Å². The Kier molecular flexibility index (Phi) is 5.45. The second kappa shape index (κ2) is 7.73. The molecule has 0 saturated heterocycles. The number of carbonyl (C=O) groups is 1. The van der Waals surface area contributed by atoms with E-state index in [4.69, 9.17) is 4.74 Å². The summed E-state index contributed by atoms with van der Waals surface area (Å²) in [6.07, 6.45) is 1.29. The van der Waals surface area contributed by atoms with E-state index in [0.29, 0.717) is 5.56 Å². The number of phenols is 1. The highest BCUT2D eigenvalue weighted by Gasteiger charge is 2.14. The molecule has 2 rings (SSSR count). The number of para-hydroxylation sites is 2. The van der Waals surface area contributed by atoms with Gasteiger partial charge in [0.1, 0.15) is 5.75 Å². The number of nitrogens with zero attached hydrogens (tertiary/aromatic N) is 2. The van der Waals surface area contributed by atoms with E-state index in [1.165, 1.54) is 24.4 Å². The van der Waals surface area contributed by atoms with Crippen LogP contribution in [0.15, 0.2) is 47.6 Å². The fourth-order valence-corrected chi connectivity index (χ4v) is 1.84. The molecule has 0 heterocycles. The summed E-state index contributed by atoms with van der Waals surface area (Å²) in [6, 6.07) is 10.8. The second-order valence-corrected chi connectivity index (χ2v) is 4.87. The summed E-state index contributed by atoms with van der Waals surface area (Å²) in [4.78, 5) is 21.9. The van der Waals surface area contributed by atoms with E-state index in [1.54, 1.807) is 24.3 Å². The average Bonchev–Trinajstić information content (AvgIpc) is 2.55. The van der Waals surface area contributed by atoms with Gasteiger partial charge in [-0.25, -0.2) is 5.43 Å². The Balaban J connectivity index is 1.90. The van der Waals surface area contributed by atoms with Crippen LogP contribution in [0.1, 0.15) is 11.1 Å². The van der Waals surface area contributed by atoms with Crippen LogP contribution in [-0.4, -0.2) is 28.8 Å². The quantitative estimate of drug-likeness (QED) is 0.479. The molecule has 0 bridgehead atoms. The number of carbonyl (C=O) groups excluding carboxylic acids is 1. The van der Waals surface area contributed by atoms with Crippen molar-refractivity contribution in [3.8, 4) is 11.5 Å². The molecular formula is C16H15N3O5. The molecule has 1 amide bonds. The predicted octanol–water partition coefficient (Wildman–Crippen LogP) is 2.14. The fraction of sp³-hybridized carbons (Fsp3) is 0.125. The van der Waals surface area contributed by atoms with Crippen LogP contribution < -0.4 is 10.2 Å². The minimum absolute atomic E-state index is 0.00203. The van der Waals surface area contributed by atoms with Crippen molar-refractivity contribution in [1.82, 2.24) is 5.43 Å². The molecule has 8 nitrogen and oxygen atoms in total. The highest BCUT2D eigenvalue weighted by Crippen LogP contribution is 2.25. The highest BCUT2D eigenvalue weighted by molar-refractivity contribution is 5.85. The molecule has 124 valence electrons. The van der Waals surface area contributed by atoms with Gasteiger partial charge in [0.15, 0.2) is 12.4 Å². The maximum absolute atomic E-state index is 11.6. The number of nitrogens with one attached hydrogen (secondary N) is 1. The van der Waals surface area contributed by atoms with Crippen molar-refractivity contribution in [2.45, 2.75) is 6.92 Å². The molecular weight excluding hydrogens is 314 g/mol. The van der Waals surface area contributed by atoms with Crippen LogP contribution in [0.3, 0.4) is 0 Å². The topological polar surface area (TPSA) is 114 Å². The Morgan fingerprint density at radius 1 is 1.38 bits per heavy atom. The fourth-order valence-electron chi connectivity index (χ4n) is 1.84. The third-order valence-electron chi connectivity index (χ3n) is 3.00. The molecule has 8 heteroatoms. The zero-order valence-electron chi connectivity index (χ0n) is 12.8. The number of phenolic OH excluding ortho intramolecular Hbond substituents is 1. The lowest BCUT2D eigenvalue weighted by Gasteiger charge is -2.05. The standard InChI is InChI=1S/C16H15N3O5/c1-11-6-7-12(14(20)8-11)9-17-18-16(21)10-24-15-5-3-2-4-13(15)19(22)23/h2-9,20H,10H2,1H3,(H,18,21). The molecule has 0 atom stereocenters. The molecule has 0 aromatic heterocycles. The lowest BCUT2D eigenvalue weighted by Crippen LogP contribution is -2.24. The first-order valence-corrected chi connectivity index (χ1v) is 6.95. The first-order chi connectivity index (χ1) is 11.5. The van der Waals surface area contributed by atoms with E-state index < -0.39 is 17.4 Å². The molecule has 0 saturated carbocycles. The van der Waals surface area contributed by atoms with Crippen molar-refractivity contribution >= 4 is 17.8 Å². The number of hydrogen-bond acceptors (Lipinski definition) is 6. The van der Waals surface area contributed by atoms with Crippen LogP contribution in [0, 0.1) is 17.0 Å². The van der Waals surface area contributed by atoms with E-state index in [0.717, 1.165) is 5.56 Å². The number of aromatic hydroxyl groups is 1. The largest absolute Gasteiger partial charge is 0.507 e. The van der Waals surface area contributed by atoms with Gasteiger partial charge in [-0.3, -0.25) is 14.9 Å². The molecule has 2 aromatic carbocycles. The molecule has 0 radical (unpaired) electrons. The summed E-state index contributed by atoms with van der Waals surface area (Å²) < 4.78 is 5.13. The van der Waals surface area contributed by atoms with E-state index in [-0.39, 0.29) is 17.2 Å². The number of nitro benzene ring substituents is 1. The molecule has 24 heavy (non-hydrogen) atoms. The summed E-state index contributed by atoms with van der Waals surface area (Å²) in [7, 11) is 0. The van der Waals surface area contributed by atoms with Gasteiger partial charge in [0, 0.05) is 11.6 Å². The molecule has 0 aliphatic heterocycles. The van der Waals surface area contributed by atoms with Gasteiger partial charge in [0.2, 0.25) is 0 Å². The van der Waals surface area contributed by atoms with Gasteiger partial charge in [-0.15, -0.1) is 0 Å². The van der Waals surface area contributed by atoms with Gasteiger partial charge in [-0.2, -0.15) is 5.10 Å². The number of nitro groups is 1. The zero-order chi connectivity index (χ0) is 17.5. The SMILES string of the molecule is Cc1ccc(C=NNC(=O)COc2ccccc2[N+](=O)[O-])c(O)c1. The van der Waals surface area contributed by atoms with Crippen LogP contribution >= 0.6 is 0 Å². The third kappa shape index (κ3) is 4.54. The van der Waals surface area contributed by atoms with Crippen molar-refractivity contribution in [3.63, 3.8) is 0 Å². The Morgan fingerprint density at radius 2 is 2.12 bits per heavy atom. The second-order valence-electron chi connectivity index (χ2n) is 4.87. The average molecular weight is 329 g/mol. The maximum atomic E-state index is 11.6. The summed E-state index contributed by atoms with van der Waals surface area (Å²) in [5.74, 6) is -0.544. The summed E-state index contributed by atoms with van der Waals surface area (Å²) in [5, 5.41) is 24.2. The number of hydrogen-bond donors (Lipinski definition) is 2. The minimum atomic E-state index is -0.592. The van der Waals surface area contributed by atoms with Crippen LogP contribution in [0.2, 0.25) is 0 Å². The molecule has 0 unspecified atom stereocenters. The monoisotopic (exact) mass is 329 g/mol. The Labute approximate surface area is 137 Å². The van der Waals surface area contributed by atoms with E-state index >= 15 is 0 Å². The number of hydrazone groups is 1. The van der Waals surface area contributed by atoms with Gasteiger partial charge in [0.25, 0.3) is 5.91 Å². The van der Waals surface area contributed by atoms with Crippen molar-refractivity contribution in [1.29, 1.82) is 0 Å². The van der Waals surface area contributed by atoms with Crippen molar-refractivity contribution < 1.29 is 19.6 Å². The third-order valence-corrected chi connectivity index (χ3v) is 3.00. The van der Waals surface area contributed by atoms with Crippen LogP contribution in [0.5, 0.6) is 11.5 Å². The van der Waals surface area contributed by atoms with E-state index in [1.807, 2.05) is 6.92 Å². The smallest absolute Gasteiger partial charge is 0.310 e. The number of benzene rings is 2. The zero-order valence-corrected chi connectivity index (χ0v) is 12.8. The predicted molar refractivity (Wildman–Crippen MR) is 87.2 cm³/mol. The van der Waals surface area contributed by atoms with Crippen LogP contribution in [0.25, 0.3) is 0 Å². The highest BCUT2D eigenvalue weighted by atomic mass is 16.6. The molecule has 2 aromatic rings. The molecule has 0 spiro atoms. The number of aryl methyl sites for hydroxylation is 1. The first kappa shape index (κ1) is 16.9. The molecule has 0 aliphatic carbocycles. The van der Waals surface area contributed by atoms with Gasteiger partial charge in [-0.1, -0.05) is 18.2 Å². The number of rotatable bonds is 6. The summed E-state index contributed by atoms with van der Waals surface area (Å²) in [5.41, 5.74) is 3.33. The van der Waals surface area contributed by atoms with Crippen LogP contribution in [-0.2, 0) is 4.79 Å².